The van der Waals surface area contributed by atoms with Crippen molar-refractivity contribution in [1.82, 2.24) is 9.38 Å². The number of benzene rings is 7. The largest absolute Gasteiger partial charge is 0.309 e. The molecule has 0 radical (unpaired) electrons. The molecule has 0 aliphatic carbocycles. The van der Waals surface area contributed by atoms with E-state index in [9.17, 15) is 0 Å². The molecule has 2 heterocycles. The van der Waals surface area contributed by atoms with Crippen LogP contribution in [0.1, 0.15) is 0 Å². The summed E-state index contributed by atoms with van der Waals surface area (Å²) in [6, 6.07) is 56.0. The van der Waals surface area contributed by atoms with Crippen LogP contribution in [0.5, 0.6) is 0 Å². The molecule has 0 bridgehead atoms. The third-order valence-electron chi connectivity index (χ3n) is 9.05. The first-order valence-electron chi connectivity index (χ1n) is 15.2. The third-order valence-corrected chi connectivity index (χ3v) is 12.2. The summed E-state index contributed by atoms with van der Waals surface area (Å²) in [5.74, 6) is 0. The molecule has 0 aliphatic heterocycles. The van der Waals surface area contributed by atoms with Gasteiger partial charge in [-0.1, -0.05) is 146 Å². The second kappa shape index (κ2) is 10.0. The summed E-state index contributed by atoms with van der Waals surface area (Å²) in [6.07, 6.45) is 0. The first-order chi connectivity index (χ1) is 22.2. The molecule has 0 N–H and O–H groups in total. The Morgan fingerprint density at radius 1 is 0.467 bits per heavy atom. The monoisotopic (exact) mass is 594 g/mol. The van der Waals surface area contributed by atoms with E-state index < -0.39 is 7.14 Å². The van der Waals surface area contributed by atoms with Crippen molar-refractivity contribution < 1.29 is 4.57 Å². The lowest BCUT2D eigenvalue weighted by molar-refractivity contribution is 0.592. The molecule has 9 aromatic rings. The van der Waals surface area contributed by atoms with E-state index in [-0.39, 0.29) is 0 Å². The minimum Gasteiger partial charge on any atom is -0.309 e. The lowest BCUT2D eigenvalue weighted by atomic mass is 9.98. The van der Waals surface area contributed by atoms with Crippen LogP contribution in [0.15, 0.2) is 164 Å². The molecule has 0 amide bonds. The first kappa shape index (κ1) is 25.9. The van der Waals surface area contributed by atoms with Crippen molar-refractivity contribution in [2.75, 3.05) is 0 Å². The Kier molecular flexibility index (Phi) is 5.78. The van der Waals surface area contributed by atoms with Gasteiger partial charge in [0.2, 0.25) is 0 Å². The number of nitrogens with zero attached hydrogens (tertiary/aromatic N) is 2. The predicted octanol–water partition coefficient (Wildman–Crippen LogP) is 9.25. The SMILES string of the molecule is O=P(c1ccccc1)(c1ccccc1)c1cccc2c(-c3ccc4c(c3)nc3c5ccccc5c5ccccc5n43)cccc12. The Hall–Kier alpha value is -5.50. The second-order valence-corrected chi connectivity index (χ2v) is 14.2. The van der Waals surface area contributed by atoms with Crippen LogP contribution in [-0.4, -0.2) is 9.38 Å². The highest BCUT2D eigenvalue weighted by Gasteiger charge is 2.31. The Morgan fingerprint density at radius 3 is 1.82 bits per heavy atom. The number of pyridine rings is 1. The van der Waals surface area contributed by atoms with Gasteiger partial charge in [0, 0.05) is 26.7 Å². The molecule has 0 saturated carbocycles. The van der Waals surface area contributed by atoms with Gasteiger partial charge in [0.15, 0.2) is 7.14 Å². The molecule has 3 nitrogen and oxygen atoms in total. The topological polar surface area (TPSA) is 34.4 Å². The molecule has 0 aliphatic rings. The van der Waals surface area contributed by atoms with Crippen molar-refractivity contribution >= 4 is 72.2 Å². The molecule has 0 atom stereocenters. The highest BCUT2D eigenvalue weighted by molar-refractivity contribution is 7.85. The summed E-state index contributed by atoms with van der Waals surface area (Å²) in [7, 11) is -3.15. The van der Waals surface area contributed by atoms with Crippen molar-refractivity contribution in [3.8, 4) is 11.1 Å². The van der Waals surface area contributed by atoms with Crippen LogP contribution in [-0.2, 0) is 4.57 Å². The number of hydrogen-bond donors (Lipinski definition) is 0. The molecule has 0 unspecified atom stereocenters. The van der Waals surface area contributed by atoms with Crippen LogP contribution in [0.25, 0.3) is 60.3 Å². The lowest BCUT2D eigenvalue weighted by Crippen LogP contribution is -2.25. The van der Waals surface area contributed by atoms with Gasteiger partial charge in [-0.3, -0.25) is 4.40 Å². The van der Waals surface area contributed by atoms with Crippen molar-refractivity contribution in [3.05, 3.63) is 164 Å². The van der Waals surface area contributed by atoms with Crippen LogP contribution >= 0.6 is 7.14 Å². The van der Waals surface area contributed by atoms with E-state index in [1.54, 1.807) is 0 Å². The number of aromatic nitrogens is 2. The van der Waals surface area contributed by atoms with Crippen molar-refractivity contribution in [2.45, 2.75) is 0 Å². The smallest absolute Gasteiger partial charge is 0.171 e. The lowest BCUT2D eigenvalue weighted by Gasteiger charge is -2.22. The second-order valence-electron chi connectivity index (χ2n) is 11.5. The maximum Gasteiger partial charge on any atom is 0.171 e. The molecule has 0 spiro atoms. The van der Waals surface area contributed by atoms with Crippen LogP contribution in [0.2, 0.25) is 0 Å². The normalized spacial score (nSPS) is 12.1. The fraction of sp³-hybridized carbons (Fsp3) is 0. The van der Waals surface area contributed by atoms with Gasteiger partial charge in [-0.05, 0) is 45.5 Å². The van der Waals surface area contributed by atoms with Crippen LogP contribution in [0.3, 0.4) is 0 Å². The zero-order valence-corrected chi connectivity index (χ0v) is 25.2. The molecule has 9 rings (SSSR count). The summed E-state index contributed by atoms with van der Waals surface area (Å²) in [6.45, 7) is 0. The van der Waals surface area contributed by atoms with E-state index in [1.807, 2.05) is 72.8 Å². The Balaban J connectivity index is 1.29. The highest BCUT2D eigenvalue weighted by atomic mass is 31.2. The molecule has 0 fully saturated rings. The minimum absolute atomic E-state index is 0.833. The average molecular weight is 595 g/mol. The van der Waals surface area contributed by atoms with Gasteiger partial charge in [0.1, 0.15) is 5.65 Å². The van der Waals surface area contributed by atoms with Gasteiger partial charge < -0.3 is 4.57 Å². The average Bonchev–Trinajstić information content (AvgIpc) is 3.51. The van der Waals surface area contributed by atoms with E-state index in [4.69, 9.17) is 4.98 Å². The van der Waals surface area contributed by atoms with Crippen LogP contribution < -0.4 is 15.9 Å². The summed E-state index contributed by atoms with van der Waals surface area (Å²) in [5, 5.41) is 8.15. The van der Waals surface area contributed by atoms with E-state index >= 15 is 4.57 Å². The maximum absolute atomic E-state index is 15.4. The fourth-order valence-electron chi connectivity index (χ4n) is 7.00. The van der Waals surface area contributed by atoms with Gasteiger partial charge in [-0.15, -0.1) is 0 Å². The molecule has 212 valence electrons. The van der Waals surface area contributed by atoms with E-state index in [1.165, 1.54) is 10.8 Å². The molecule has 2 aromatic heterocycles. The predicted molar refractivity (Wildman–Crippen MR) is 190 cm³/mol. The summed E-state index contributed by atoms with van der Waals surface area (Å²) in [5.41, 5.74) is 6.31. The first-order valence-corrected chi connectivity index (χ1v) is 16.9. The fourth-order valence-corrected chi connectivity index (χ4v) is 9.87. The van der Waals surface area contributed by atoms with Crippen molar-refractivity contribution in [1.29, 1.82) is 0 Å². The minimum atomic E-state index is -3.15. The zero-order chi connectivity index (χ0) is 30.0. The summed E-state index contributed by atoms with van der Waals surface area (Å²) in [4.78, 5) is 5.21. The van der Waals surface area contributed by atoms with Gasteiger partial charge in [0.25, 0.3) is 0 Å². The van der Waals surface area contributed by atoms with Gasteiger partial charge in [-0.2, -0.15) is 0 Å². The quantitative estimate of drug-likeness (QED) is 0.150. The van der Waals surface area contributed by atoms with E-state index in [0.717, 1.165) is 65.4 Å². The molecule has 7 aromatic carbocycles. The molecular weight excluding hydrogens is 567 g/mol. The van der Waals surface area contributed by atoms with Gasteiger partial charge in [-0.25, -0.2) is 4.98 Å². The number of hydrogen-bond acceptors (Lipinski definition) is 2. The maximum atomic E-state index is 15.4. The van der Waals surface area contributed by atoms with Crippen LogP contribution in [0.4, 0.5) is 0 Å². The summed E-state index contributed by atoms with van der Waals surface area (Å²) < 4.78 is 17.6. The summed E-state index contributed by atoms with van der Waals surface area (Å²) >= 11 is 0. The molecular formula is C41H27N2OP. The van der Waals surface area contributed by atoms with Crippen molar-refractivity contribution in [2.24, 2.45) is 0 Å². The molecule has 0 saturated heterocycles. The van der Waals surface area contributed by atoms with Crippen molar-refractivity contribution in [3.63, 3.8) is 0 Å². The van der Waals surface area contributed by atoms with Gasteiger partial charge >= 0.3 is 0 Å². The number of imidazole rings is 1. The highest BCUT2D eigenvalue weighted by Crippen LogP contribution is 2.45. The van der Waals surface area contributed by atoms with Crippen LogP contribution in [0, 0.1) is 0 Å². The third kappa shape index (κ3) is 3.84. The number of para-hydroxylation sites is 1. The van der Waals surface area contributed by atoms with Gasteiger partial charge in [0.05, 0.1) is 16.6 Å². The van der Waals surface area contributed by atoms with E-state index in [0.29, 0.717) is 0 Å². The van der Waals surface area contributed by atoms with E-state index in [2.05, 4.69) is 95.4 Å². The number of rotatable bonds is 4. The Labute approximate surface area is 260 Å². The zero-order valence-electron chi connectivity index (χ0n) is 24.3. The Bertz CT molecular complexity index is 2580. The Morgan fingerprint density at radius 2 is 1.07 bits per heavy atom. The number of fused-ring (bicyclic) bond motifs is 9. The standard InChI is InChI=1S/C41H27N2OP/c44-45(29-13-3-1-4-14-29,30-15-5-2-6-16-30)40-24-12-21-32-31(20-11-22-35(32)40)28-25-26-39-37(27-28)42-41-36-19-8-7-17-33(36)34-18-9-10-23-38(34)43(39)41/h1-27H. The molecule has 45 heavy (non-hydrogen) atoms. The molecule has 4 heteroatoms.